The molecular weight excluding hydrogens is 250 g/mol. The summed E-state index contributed by atoms with van der Waals surface area (Å²) in [5.41, 5.74) is 0. The molecule has 1 heterocycles. The van der Waals surface area contributed by atoms with Crippen molar-refractivity contribution >= 4 is 15.9 Å². The second kappa shape index (κ2) is 6.19. The van der Waals surface area contributed by atoms with Crippen molar-refractivity contribution in [1.82, 2.24) is 4.90 Å². The van der Waals surface area contributed by atoms with Gasteiger partial charge in [-0.1, -0.05) is 0 Å². The maximum absolute atomic E-state index is 8.78. The van der Waals surface area contributed by atoms with Crippen LogP contribution < -0.4 is 0 Å². The van der Waals surface area contributed by atoms with Crippen molar-refractivity contribution in [3.8, 4) is 0 Å². The number of aliphatic hydroxyl groups excluding tert-OH is 2. The average molecular weight is 264 g/mol. The summed E-state index contributed by atoms with van der Waals surface area (Å²) in [6.45, 7) is 1.86. The maximum Gasteiger partial charge on any atom is 0.169 e. The van der Waals surface area contributed by atoms with Crippen molar-refractivity contribution in [2.24, 2.45) is 0 Å². The van der Waals surface area contributed by atoms with Crippen LogP contribution >= 0.6 is 15.9 Å². The topological polar surface area (TPSA) is 56.8 Å². The Bertz CT molecular complexity index is 258. The lowest BCUT2D eigenvalue weighted by atomic mass is 10.4. The minimum absolute atomic E-state index is 0.0852. The molecule has 4 nitrogen and oxygen atoms in total. The predicted octanol–water partition coefficient (Wildman–Crippen LogP) is 0.829. The summed E-state index contributed by atoms with van der Waals surface area (Å²) in [5, 5.41) is 17.6. The van der Waals surface area contributed by atoms with Crippen LogP contribution in [0.4, 0.5) is 0 Å². The molecule has 1 rings (SSSR count). The van der Waals surface area contributed by atoms with Gasteiger partial charge >= 0.3 is 0 Å². The first-order valence-corrected chi connectivity index (χ1v) is 5.24. The van der Waals surface area contributed by atoms with Crippen LogP contribution in [-0.2, 0) is 6.54 Å². The Morgan fingerprint density at radius 1 is 1.21 bits per heavy atom. The second-order valence-electron chi connectivity index (χ2n) is 2.93. The standard InChI is InChI=1S/C9H14BrNO3/c10-9-2-1-8(14-9)7-11(3-5-12)4-6-13/h1-2,12-13H,3-7H2. The SMILES string of the molecule is OCCN(CCO)Cc1ccc(Br)o1. The quantitative estimate of drug-likeness (QED) is 0.799. The van der Waals surface area contributed by atoms with Gasteiger partial charge in [0.25, 0.3) is 0 Å². The molecule has 0 spiro atoms. The molecule has 0 aliphatic rings. The molecule has 0 saturated heterocycles. The molecule has 14 heavy (non-hydrogen) atoms. The zero-order valence-corrected chi connectivity index (χ0v) is 9.40. The Morgan fingerprint density at radius 2 is 1.86 bits per heavy atom. The molecule has 2 N–H and O–H groups in total. The molecule has 0 aliphatic heterocycles. The number of nitrogens with zero attached hydrogens (tertiary/aromatic N) is 1. The Morgan fingerprint density at radius 3 is 2.29 bits per heavy atom. The molecule has 0 atom stereocenters. The van der Waals surface area contributed by atoms with Crippen LogP contribution in [0.5, 0.6) is 0 Å². The number of halogens is 1. The Hall–Kier alpha value is -0.360. The number of aliphatic hydroxyl groups is 2. The normalized spacial score (nSPS) is 11.1. The zero-order valence-electron chi connectivity index (χ0n) is 7.82. The van der Waals surface area contributed by atoms with Crippen molar-refractivity contribution in [3.05, 3.63) is 22.6 Å². The van der Waals surface area contributed by atoms with E-state index in [0.717, 1.165) is 5.76 Å². The van der Waals surface area contributed by atoms with E-state index in [1.807, 2.05) is 17.0 Å². The first-order chi connectivity index (χ1) is 6.76. The molecule has 0 amide bonds. The van der Waals surface area contributed by atoms with E-state index in [0.29, 0.717) is 24.3 Å². The van der Waals surface area contributed by atoms with Gasteiger partial charge in [0.15, 0.2) is 4.67 Å². The Labute approximate surface area is 91.3 Å². The van der Waals surface area contributed by atoms with E-state index in [2.05, 4.69) is 15.9 Å². The summed E-state index contributed by atoms with van der Waals surface area (Å²) in [4.78, 5) is 1.92. The first kappa shape index (κ1) is 11.7. The van der Waals surface area contributed by atoms with Crippen LogP contribution in [-0.4, -0.2) is 41.4 Å². The van der Waals surface area contributed by atoms with Gasteiger partial charge in [-0.3, -0.25) is 4.90 Å². The number of hydrogen-bond donors (Lipinski definition) is 2. The third-order valence-corrected chi connectivity index (χ3v) is 2.27. The third-order valence-electron chi connectivity index (χ3n) is 1.84. The highest BCUT2D eigenvalue weighted by atomic mass is 79.9. The zero-order chi connectivity index (χ0) is 10.4. The largest absolute Gasteiger partial charge is 0.453 e. The molecule has 0 bridgehead atoms. The molecule has 5 heteroatoms. The van der Waals surface area contributed by atoms with E-state index < -0.39 is 0 Å². The van der Waals surface area contributed by atoms with Crippen LogP contribution in [0.1, 0.15) is 5.76 Å². The van der Waals surface area contributed by atoms with Crippen LogP contribution in [0.2, 0.25) is 0 Å². The summed E-state index contributed by atoms with van der Waals surface area (Å²) >= 11 is 3.22. The van der Waals surface area contributed by atoms with E-state index in [1.165, 1.54) is 0 Å². The lowest BCUT2D eigenvalue weighted by molar-refractivity contribution is 0.148. The number of hydrogen-bond acceptors (Lipinski definition) is 4. The molecule has 1 aromatic heterocycles. The van der Waals surface area contributed by atoms with Crippen LogP contribution in [0, 0.1) is 0 Å². The molecule has 0 fully saturated rings. The molecule has 1 aromatic rings. The second-order valence-corrected chi connectivity index (χ2v) is 3.71. The summed E-state index contributed by atoms with van der Waals surface area (Å²) in [5.74, 6) is 0.818. The lowest BCUT2D eigenvalue weighted by Crippen LogP contribution is -2.29. The van der Waals surface area contributed by atoms with Gasteiger partial charge in [0.2, 0.25) is 0 Å². The molecule has 0 unspecified atom stereocenters. The van der Waals surface area contributed by atoms with Crippen LogP contribution in [0.15, 0.2) is 21.2 Å². The van der Waals surface area contributed by atoms with Gasteiger partial charge in [0.05, 0.1) is 19.8 Å². The lowest BCUT2D eigenvalue weighted by Gasteiger charge is -2.18. The van der Waals surface area contributed by atoms with Crippen molar-refractivity contribution < 1.29 is 14.6 Å². The van der Waals surface area contributed by atoms with Crippen LogP contribution in [0.3, 0.4) is 0 Å². The van der Waals surface area contributed by atoms with Crippen molar-refractivity contribution in [2.45, 2.75) is 6.54 Å². The predicted molar refractivity (Wildman–Crippen MR) is 55.9 cm³/mol. The van der Waals surface area contributed by atoms with Gasteiger partial charge < -0.3 is 14.6 Å². The van der Waals surface area contributed by atoms with Gasteiger partial charge in [-0.25, -0.2) is 0 Å². The highest BCUT2D eigenvalue weighted by Crippen LogP contribution is 2.15. The monoisotopic (exact) mass is 263 g/mol. The van der Waals surface area contributed by atoms with Gasteiger partial charge in [-0.15, -0.1) is 0 Å². The fourth-order valence-electron chi connectivity index (χ4n) is 1.21. The van der Waals surface area contributed by atoms with Gasteiger partial charge in [-0.05, 0) is 28.1 Å². The van der Waals surface area contributed by atoms with E-state index in [-0.39, 0.29) is 13.2 Å². The highest BCUT2D eigenvalue weighted by Gasteiger charge is 2.07. The van der Waals surface area contributed by atoms with E-state index >= 15 is 0 Å². The van der Waals surface area contributed by atoms with Gasteiger partial charge in [0.1, 0.15) is 5.76 Å². The number of rotatable bonds is 6. The fourth-order valence-corrected chi connectivity index (χ4v) is 1.55. The third kappa shape index (κ3) is 3.79. The van der Waals surface area contributed by atoms with E-state index in [4.69, 9.17) is 14.6 Å². The van der Waals surface area contributed by atoms with Crippen molar-refractivity contribution in [1.29, 1.82) is 0 Å². The maximum atomic E-state index is 8.78. The minimum Gasteiger partial charge on any atom is -0.453 e. The Balaban J connectivity index is 2.46. The fraction of sp³-hybridized carbons (Fsp3) is 0.556. The van der Waals surface area contributed by atoms with Crippen molar-refractivity contribution in [3.63, 3.8) is 0 Å². The summed E-state index contributed by atoms with van der Waals surface area (Å²) in [6, 6.07) is 3.69. The van der Waals surface area contributed by atoms with E-state index in [9.17, 15) is 0 Å². The van der Waals surface area contributed by atoms with Crippen molar-refractivity contribution in [2.75, 3.05) is 26.3 Å². The molecule has 80 valence electrons. The molecule has 0 aliphatic carbocycles. The smallest absolute Gasteiger partial charge is 0.169 e. The van der Waals surface area contributed by atoms with E-state index in [1.54, 1.807) is 0 Å². The first-order valence-electron chi connectivity index (χ1n) is 4.44. The summed E-state index contributed by atoms with van der Waals surface area (Å²) in [7, 11) is 0. The summed E-state index contributed by atoms with van der Waals surface area (Å²) < 4.78 is 6.01. The van der Waals surface area contributed by atoms with Crippen LogP contribution in [0.25, 0.3) is 0 Å². The van der Waals surface area contributed by atoms with Gasteiger partial charge in [0, 0.05) is 13.1 Å². The van der Waals surface area contributed by atoms with Gasteiger partial charge in [-0.2, -0.15) is 0 Å². The summed E-state index contributed by atoms with van der Waals surface area (Å²) in [6.07, 6.45) is 0. The molecule has 0 saturated carbocycles. The average Bonchev–Trinajstić information content (AvgIpc) is 2.52. The molecular formula is C9H14BrNO3. The Kier molecular flexibility index (Phi) is 5.17. The molecule has 0 radical (unpaired) electrons. The molecule has 0 aromatic carbocycles. The minimum atomic E-state index is 0.0852. The highest BCUT2D eigenvalue weighted by molar-refractivity contribution is 9.10. The number of furan rings is 1.